The van der Waals surface area contributed by atoms with E-state index in [1.807, 2.05) is 47.7 Å². The van der Waals surface area contributed by atoms with Crippen molar-refractivity contribution >= 4 is 5.91 Å². The highest BCUT2D eigenvalue weighted by atomic mass is 16.2. The third kappa shape index (κ3) is 3.40. The number of hydrogen-bond acceptors (Lipinski definition) is 3. The quantitative estimate of drug-likeness (QED) is 0.852. The fourth-order valence-corrected chi connectivity index (χ4v) is 4.36. The summed E-state index contributed by atoms with van der Waals surface area (Å²) in [6, 6.07) is 10.6. The van der Waals surface area contributed by atoms with E-state index in [1.165, 1.54) is 25.9 Å². The van der Waals surface area contributed by atoms with Crippen LogP contribution in [0.2, 0.25) is 0 Å². The lowest BCUT2D eigenvalue weighted by molar-refractivity contribution is 0.0644. The number of piperidine rings is 1. The van der Waals surface area contributed by atoms with Gasteiger partial charge in [-0.15, -0.1) is 0 Å². The van der Waals surface area contributed by atoms with E-state index in [4.69, 9.17) is 0 Å². The monoisotopic (exact) mass is 352 g/mol. The van der Waals surface area contributed by atoms with Gasteiger partial charge in [0.1, 0.15) is 0 Å². The minimum Gasteiger partial charge on any atom is -0.339 e. The number of carbonyl (C=O) groups excluding carboxylic acids is 1. The van der Waals surface area contributed by atoms with Crippen molar-refractivity contribution in [2.24, 2.45) is 0 Å². The van der Waals surface area contributed by atoms with Crippen LogP contribution in [0.5, 0.6) is 0 Å². The molecule has 0 atom stereocenters. The Morgan fingerprint density at radius 2 is 1.65 bits per heavy atom. The normalized spacial score (nSPS) is 19.2. The lowest BCUT2D eigenvalue weighted by Gasteiger charge is -2.36. The molecule has 5 nitrogen and oxygen atoms in total. The van der Waals surface area contributed by atoms with E-state index in [9.17, 15) is 4.79 Å². The van der Waals surface area contributed by atoms with Crippen LogP contribution in [-0.4, -0.2) is 57.7 Å². The molecule has 1 aromatic heterocycles. The molecular weight excluding hydrogens is 324 g/mol. The number of amides is 1. The molecule has 0 radical (unpaired) electrons. The van der Waals surface area contributed by atoms with Gasteiger partial charge in [-0.25, -0.2) is 4.68 Å². The predicted molar refractivity (Wildman–Crippen MR) is 103 cm³/mol. The van der Waals surface area contributed by atoms with Gasteiger partial charge in [0, 0.05) is 30.4 Å². The molecule has 0 N–H and O–H groups in total. The summed E-state index contributed by atoms with van der Waals surface area (Å²) in [4.78, 5) is 17.5. The minimum absolute atomic E-state index is 0.157. The van der Waals surface area contributed by atoms with Gasteiger partial charge >= 0.3 is 0 Å². The Morgan fingerprint density at radius 3 is 2.23 bits per heavy atom. The number of carbonyl (C=O) groups is 1. The van der Waals surface area contributed by atoms with Gasteiger partial charge in [-0.05, 0) is 83.0 Å². The maximum Gasteiger partial charge on any atom is 0.253 e. The molecule has 5 heteroatoms. The molecule has 3 heterocycles. The third-order valence-electron chi connectivity index (χ3n) is 5.78. The van der Waals surface area contributed by atoms with E-state index >= 15 is 0 Å². The molecule has 0 aliphatic carbocycles. The van der Waals surface area contributed by atoms with Crippen molar-refractivity contribution < 1.29 is 4.79 Å². The molecular formula is C21H28N4O. The van der Waals surface area contributed by atoms with Crippen LogP contribution in [0.1, 0.15) is 47.4 Å². The number of likely N-dealkylation sites (tertiary alicyclic amines) is 2. The fourth-order valence-electron chi connectivity index (χ4n) is 4.36. The van der Waals surface area contributed by atoms with Crippen molar-refractivity contribution in [3.05, 3.63) is 47.3 Å². The first-order chi connectivity index (χ1) is 12.6. The molecule has 2 aliphatic rings. The van der Waals surface area contributed by atoms with E-state index in [1.54, 1.807) is 0 Å². The number of rotatable bonds is 3. The maximum absolute atomic E-state index is 12.8. The summed E-state index contributed by atoms with van der Waals surface area (Å²) in [5, 5.41) is 4.51. The van der Waals surface area contributed by atoms with Crippen molar-refractivity contribution in [1.82, 2.24) is 19.6 Å². The second-order valence-corrected chi connectivity index (χ2v) is 7.65. The van der Waals surface area contributed by atoms with Crippen LogP contribution in [0.15, 0.2) is 30.3 Å². The largest absolute Gasteiger partial charge is 0.339 e. The average Bonchev–Trinajstić information content (AvgIpc) is 3.31. The molecule has 4 rings (SSSR count). The summed E-state index contributed by atoms with van der Waals surface area (Å²) in [5.41, 5.74) is 3.88. The van der Waals surface area contributed by atoms with Crippen LogP contribution in [0.3, 0.4) is 0 Å². The first kappa shape index (κ1) is 17.3. The van der Waals surface area contributed by atoms with Gasteiger partial charge in [0.25, 0.3) is 5.91 Å². The molecule has 2 aliphatic heterocycles. The van der Waals surface area contributed by atoms with Crippen molar-refractivity contribution in [3.63, 3.8) is 0 Å². The Balaban J connectivity index is 1.40. The van der Waals surface area contributed by atoms with E-state index in [0.717, 1.165) is 48.6 Å². The second-order valence-electron chi connectivity index (χ2n) is 7.65. The third-order valence-corrected chi connectivity index (χ3v) is 5.78. The van der Waals surface area contributed by atoms with Crippen LogP contribution >= 0.6 is 0 Å². The van der Waals surface area contributed by atoms with E-state index < -0.39 is 0 Å². The molecule has 0 unspecified atom stereocenters. The van der Waals surface area contributed by atoms with E-state index in [-0.39, 0.29) is 5.91 Å². The van der Waals surface area contributed by atoms with Crippen molar-refractivity contribution in [2.75, 3.05) is 26.2 Å². The molecule has 2 aromatic rings. The molecule has 0 spiro atoms. The lowest BCUT2D eigenvalue weighted by atomic mass is 10.0. The number of aromatic nitrogens is 2. The van der Waals surface area contributed by atoms with Gasteiger partial charge in [0.05, 0.1) is 11.4 Å². The predicted octanol–water partition coefficient (Wildman–Crippen LogP) is 3.19. The molecule has 2 fully saturated rings. The van der Waals surface area contributed by atoms with Crippen LogP contribution < -0.4 is 0 Å². The second kappa shape index (κ2) is 7.23. The van der Waals surface area contributed by atoms with Gasteiger partial charge < -0.3 is 9.80 Å². The summed E-state index contributed by atoms with van der Waals surface area (Å²) >= 11 is 0. The summed E-state index contributed by atoms with van der Waals surface area (Å²) in [5.74, 6) is 0.157. The van der Waals surface area contributed by atoms with Gasteiger partial charge in [0.15, 0.2) is 0 Å². The molecule has 138 valence electrons. The van der Waals surface area contributed by atoms with Crippen LogP contribution in [0, 0.1) is 13.8 Å². The summed E-state index contributed by atoms with van der Waals surface area (Å²) < 4.78 is 1.92. The zero-order valence-electron chi connectivity index (χ0n) is 15.8. The average molecular weight is 352 g/mol. The maximum atomic E-state index is 12.8. The van der Waals surface area contributed by atoms with Gasteiger partial charge in [0.2, 0.25) is 0 Å². The van der Waals surface area contributed by atoms with Crippen molar-refractivity contribution in [2.45, 2.75) is 45.6 Å². The Morgan fingerprint density at radius 1 is 1.00 bits per heavy atom. The van der Waals surface area contributed by atoms with Gasteiger partial charge in [-0.1, -0.05) is 0 Å². The van der Waals surface area contributed by atoms with Crippen LogP contribution in [-0.2, 0) is 0 Å². The highest BCUT2D eigenvalue weighted by Gasteiger charge is 2.28. The van der Waals surface area contributed by atoms with Crippen LogP contribution in [0.4, 0.5) is 0 Å². The summed E-state index contributed by atoms with van der Waals surface area (Å²) in [6.45, 7) is 8.27. The summed E-state index contributed by atoms with van der Waals surface area (Å²) in [7, 11) is 0. The Labute approximate surface area is 155 Å². The highest BCUT2D eigenvalue weighted by molar-refractivity contribution is 5.94. The molecule has 0 bridgehead atoms. The number of benzene rings is 1. The molecule has 0 saturated carbocycles. The number of hydrogen-bond donors (Lipinski definition) is 0. The minimum atomic E-state index is 0.157. The van der Waals surface area contributed by atoms with Crippen molar-refractivity contribution in [1.29, 1.82) is 0 Å². The standard InChI is InChI=1S/C21H28N4O/c1-16-15-17(2)25(22-16)20-7-5-18(6-8-20)21(26)24-13-9-19(10-14-24)23-11-3-4-12-23/h5-8,15,19H,3-4,9-14H2,1-2H3. The topological polar surface area (TPSA) is 41.4 Å². The first-order valence-electron chi connectivity index (χ1n) is 9.79. The van der Waals surface area contributed by atoms with E-state index in [2.05, 4.69) is 16.1 Å². The van der Waals surface area contributed by atoms with Gasteiger partial charge in [-0.3, -0.25) is 4.79 Å². The molecule has 2 saturated heterocycles. The number of nitrogens with zero attached hydrogens (tertiary/aromatic N) is 4. The zero-order valence-corrected chi connectivity index (χ0v) is 15.8. The number of aryl methyl sites for hydroxylation is 2. The summed E-state index contributed by atoms with van der Waals surface area (Å²) in [6.07, 6.45) is 4.88. The van der Waals surface area contributed by atoms with Gasteiger partial charge in [-0.2, -0.15) is 5.10 Å². The molecule has 1 amide bonds. The SMILES string of the molecule is Cc1cc(C)n(-c2ccc(C(=O)N3CCC(N4CCCC4)CC3)cc2)n1. The Kier molecular flexibility index (Phi) is 4.81. The van der Waals surface area contributed by atoms with Crippen molar-refractivity contribution in [3.8, 4) is 5.69 Å². The Hall–Kier alpha value is -2.14. The van der Waals surface area contributed by atoms with Crippen LogP contribution in [0.25, 0.3) is 5.69 Å². The smallest absolute Gasteiger partial charge is 0.253 e. The lowest BCUT2D eigenvalue weighted by Crippen LogP contribution is -2.45. The molecule has 26 heavy (non-hydrogen) atoms. The highest BCUT2D eigenvalue weighted by Crippen LogP contribution is 2.22. The van der Waals surface area contributed by atoms with E-state index in [0.29, 0.717) is 6.04 Å². The Bertz CT molecular complexity index is 766. The fraction of sp³-hybridized carbons (Fsp3) is 0.524. The first-order valence-corrected chi connectivity index (χ1v) is 9.79. The molecule has 1 aromatic carbocycles. The zero-order chi connectivity index (χ0) is 18.1.